The average Bonchev–Trinajstić information content (AvgIpc) is 3.28. The largest absolute Gasteiger partial charge is 0.462 e. The summed E-state index contributed by atoms with van der Waals surface area (Å²) in [6, 6.07) is 8.94. The first-order valence-corrected chi connectivity index (χ1v) is 8.00. The average molecular weight is 339 g/mol. The summed E-state index contributed by atoms with van der Waals surface area (Å²) in [5.41, 5.74) is 7.49. The van der Waals surface area contributed by atoms with Crippen LogP contribution in [0.4, 0.5) is 5.82 Å². The fraction of sp³-hybridized carbons (Fsp3) is 0.294. The summed E-state index contributed by atoms with van der Waals surface area (Å²) in [5.74, 6) is 0.819. The van der Waals surface area contributed by atoms with Crippen molar-refractivity contribution in [3.05, 3.63) is 48.0 Å². The Bertz CT molecular complexity index is 896. The Hall–Kier alpha value is -3.00. The van der Waals surface area contributed by atoms with Crippen LogP contribution < -0.4 is 5.73 Å². The van der Waals surface area contributed by atoms with Gasteiger partial charge < -0.3 is 20.2 Å². The smallest absolute Gasteiger partial charge is 0.338 e. The molecule has 0 saturated carbocycles. The number of rotatable bonds is 4. The zero-order chi connectivity index (χ0) is 17.2. The molecular weight excluding hydrogens is 322 g/mol. The van der Waals surface area contributed by atoms with Gasteiger partial charge in [0, 0.05) is 5.92 Å². The molecule has 0 radical (unpaired) electrons. The van der Waals surface area contributed by atoms with Crippen molar-refractivity contribution in [2.75, 3.05) is 18.9 Å². The van der Waals surface area contributed by atoms with Crippen molar-refractivity contribution in [1.82, 2.24) is 19.9 Å². The molecule has 2 atom stereocenters. The lowest BCUT2D eigenvalue weighted by molar-refractivity contribution is 0.0419. The fourth-order valence-electron chi connectivity index (χ4n) is 2.87. The van der Waals surface area contributed by atoms with Crippen LogP contribution in [0.3, 0.4) is 0 Å². The summed E-state index contributed by atoms with van der Waals surface area (Å²) >= 11 is 0. The number of fused-ring (bicyclic) bond motifs is 1. The maximum absolute atomic E-state index is 12.0. The van der Waals surface area contributed by atoms with Crippen molar-refractivity contribution in [1.29, 1.82) is 0 Å². The summed E-state index contributed by atoms with van der Waals surface area (Å²) in [6.07, 6.45) is 1.88. The molecule has 2 aromatic heterocycles. The van der Waals surface area contributed by atoms with Gasteiger partial charge >= 0.3 is 5.97 Å². The van der Waals surface area contributed by atoms with Crippen LogP contribution in [0.2, 0.25) is 0 Å². The second-order valence-electron chi connectivity index (χ2n) is 5.97. The molecule has 8 nitrogen and oxygen atoms in total. The molecule has 1 aliphatic heterocycles. The van der Waals surface area contributed by atoms with E-state index in [1.165, 1.54) is 6.33 Å². The van der Waals surface area contributed by atoms with Crippen LogP contribution in [0.1, 0.15) is 28.7 Å². The normalized spacial score (nSPS) is 20.0. The number of nitrogens with two attached hydrogens (primary N) is 1. The summed E-state index contributed by atoms with van der Waals surface area (Å²) in [5, 5.41) is 0. The van der Waals surface area contributed by atoms with Gasteiger partial charge in [-0.15, -0.1) is 0 Å². The molecule has 3 N–H and O–H groups in total. The Kier molecular flexibility index (Phi) is 4.02. The van der Waals surface area contributed by atoms with E-state index in [0.29, 0.717) is 48.0 Å². The molecule has 25 heavy (non-hydrogen) atoms. The van der Waals surface area contributed by atoms with Gasteiger partial charge in [0.25, 0.3) is 0 Å². The maximum atomic E-state index is 12.0. The van der Waals surface area contributed by atoms with Gasteiger partial charge in [0.2, 0.25) is 0 Å². The van der Waals surface area contributed by atoms with Crippen LogP contribution in [0.25, 0.3) is 11.2 Å². The molecule has 1 aliphatic rings. The van der Waals surface area contributed by atoms with E-state index in [4.69, 9.17) is 15.2 Å². The van der Waals surface area contributed by atoms with Crippen LogP contribution in [0.15, 0.2) is 36.7 Å². The number of esters is 1. The lowest BCUT2D eigenvalue weighted by Crippen LogP contribution is -2.14. The van der Waals surface area contributed by atoms with Gasteiger partial charge in [0.15, 0.2) is 11.5 Å². The molecule has 0 spiro atoms. The summed E-state index contributed by atoms with van der Waals surface area (Å²) in [7, 11) is 0. The van der Waals surface area contributed by atoms with Gasteiger partial charge in [-0.2, -0.15) is 0 Å². The molecule has 8 heteroatoms. The molecular formula is C17H17N5O3. The third-order valence-corrected chi connectivity index (χ3v) is 4.18. The highest BCUT2D eigenvalue weighted by atomic mass is 16.5. The van der Waals surface area contributed by atoms with E-state index in [1.54, 1.807) is 12.1 Å². The van der Waals surface area contributed by atoms with Gasteiger partial charge in [-0.05, 0) is 18.6 Å². The molecule has 1 aromatic carbocycles. The van der Waals surface area contributed by atoms with Crippen molar-refractivity contribution in [2.45, 2.75) is 12.5 Å². The highest BCUT2D eigenvalue weighted by molar-refractivity contribution is 5.89. The molecule has 0 bridgehead atoms. The van der Waals surface area contributed by atoms with Crippen LogP contribution in [0, 0.1) is 5.92 Å². The Balaban J connectivity index is 1.38. The van der Waals surface area contributed by atoms with Crippen LogP contribution in [-0.4, -0.2) is 39.1 Å². The monoisotopic (exact) mass is 339 g/mol. The van der Waals surface area contributed by atoms with Gasteiger partial charge in [-0.3, -0.25) is 0 Å². The maximum Gasteiger partial charge on any atom is 0.338 e. The van der Waals surface area contributed by atoms with Crippen LogP contribution in [-0.2, 0) is 9.47 Å². The number of anilines is 1. The number of imidazole rings is 1. The van der Waals surface area contributed by atoms with Crippen molar-refractivity contribution in [3.63, 3.8) is 0 Å². The summed E-state index contributed by atoms with van der Waals surface area (Å²) < 4.78 is 11.2. The first-order valence-electron chi connectivity index (χ1n) is 8.00. The molecule has 3 heterocycles. The quantitative estimate of drug-likeness (QED) is 0.697. The Morgan fingerprint density at radius 2 is 2.16 bits per heavy atom. The first kappa shape index (κ1) is 15.5. The van der Waals surface area contributed by atoms with E-state index in [9.17, 15) is 4.79 Å². The van der Waals surface area contributed by atoms with Gasteiger partial charge in [-0.25, -0.2) is 19.7 Å². The van der Waals surface area contributed by atoms with E-state index >= 15 is 0 Å². The second-order valence-corrected chi connectivity index (χ2v) is 5.97. The van der Waals surface area contributed by atoms with Crippen LogP contribution in [0.5, 0.6) is 0 Å². The lowest BCUT2D eigenvalue weighted by atomic mass is 10.1. The number of aromatic nitrogens is 4. The van der Waals surface area contributed by atoms with E-state index in [-0.39, 0.29) is 18.0 Å². The molecule has 0 amide bonds. The number of nitrogens with zero attached hydrogens (tertiary/aromatic N) is 3. The molecule has 1 saturated heterocycles. The minimum Gasteiger partial charge on any atom is -0.462 e. The molecule has 3 aromatic rings. The van der Waals surface area contributed by atoms with Crippen molar-refractivity contribution in [2.24, 2.45) is 5.92 Å². The number of benzene rings is 1. The number of carbonyl (C=O) groups excluding carboxylic acids is 1. The number of carbonyl (C=O) groups is 1. The molecule has 0 unspecified atom stereocenters. The summed E-state index contributed by atoms with van der Waals surface area (Å²) in [4.78, 5) is 27.6. The Morgan fingerprint density at radius 3 is 2.96 bits per heavy atom. The predicted octanol–water partition coefficient (Wildman–Crippen LogP) is 1.87. The standard InChI is InChI=1S/C17H17N5O3/c18-14-13-16(20-9-19-14)22-15(21-13)12-6-10(7-24-12)8-25-17(23)11-4-2-1-3-5-11/h1-5,9-10,12H,6-8H2,(H3,18,19,20,21,22)/t10-,12+/m1/s1. The topological polar surface area (TPSA) is 116 Å². The van der Waals surface area contributed by atoms with E-state index in [1.807, 2.05) is 18.2 Å². The van der Waals surface area contributed by atoms with E-state index in [0.717, 1.165) is 0 Å². The molecule has 4 rings (SSSR count). The highest BCUT2D eigenvalue weighted by Gasteiger charge is 2.30. The number of hydrogen-bond acceptors (Lipinski definition) is 7. The van der Waals surface area contributed by atoms with Crippen LogP contribution >= 0.6 is 0 Å². The third kappa shape index (κ3) is 3.16. The molecule has 0 aliphatic carbocycles. The van der Waals surface area contributed by atoms with Crippen molar-refractivity contribution in [3.8, 4) is 0 Å². The van der Waals surface area contributed by atoms with E-state index < -0.39 is 0 Å². The lowest BCUT2D eigenvalue weighted by Gasteiger charge is -2.09. The number of nitrogen functional groups attached to an aromatic ring is 1. The Morgan fingerprint density at radius 1 is 1.32 bits per heavy atom. The first-order chi connectivity index (χ1) is 12.2. The molecule has 1 fully saturated rings. The van der Waals surface area contributed by atoms with Crippen molar-refractivity contribution < 1.29 is 14.3 Å². The predicted molar refractivity (Wildman–Crippen MR) is 89.6 cm³/mol. The van der Waals surface area contributed by atoms with E-state index in [2.05, 4.69) is 19.9 Å². The second kappa shape index (κ2) is 6.48. The number of nitrogens with one attached hydrogen (secondary N) is 1. The highest BCUT2D eigenvalue weighted by Crippen LogP contribution is 2.32. The number of ether oxygens (including phenoxy) is 2. The van der Waals surface area contributed by atoms with Gasteiger partial charge in [-0.1, -0.05) is 18.2 Å². The van der Waals surface area contributed by atoms with Gasteiger partial charge in [0.05, 0.1) is 18.8 Å². The number of H-pyrrole nitrogens is 1. The van der Waals surface area contributed by atoms with Gasteiger partial charge in [0.1, 0.15) is 23.8 Å². The van der Waals surface area contributed by atoms with Crippen molar-refractivity contribution >= 4 is 23.0 Å². The SMILES string of the molecule is Nc1ncnc2nc([C@@H]3C[C@@H](COC(=O)c4ccccc4)CO3)[nH]c12. The Labute approximate surface area is 143 Å². The zero-order valence-electron chi connectivity index (χ0n) is 13.4. The minimum atomic E-state index is -0.323. The number of hydrogen-bond donors (Lipinski definition) is 2. The molecule has 128 valence electrons. The minimum absolute atomic E-state index is 0.120. The summed E-state index contributed by atoms with van der Waals surface area (Å²) in [6.45, 7) is 0.817. The fourth-order valence-corrected chi connectivity index (χ4v) is 2.87. The number of aromatic amines is 1. The third-order valence-electron chi connectivity index (χ3n) is 4.18. The zero-order valence-corrected chi connectivity index (χ0v) is 13.4.